The number of benzene rings is 1. The molecule has 2 fully saturated rings. The summed E-state index contributed by atoms with van der Waals surface area (Å²) < 4.78 is 11.1. The van der Waals surface area contributed by atoms with Gasteiger partial charge < -0.3 is 19.7 Å². The lowest BCUT2D eigenvalue weighted by Crippen LogP contribution is -2.50. The number of likely N-dealkylation sites (tertiary alicyclic amines) is 1. The summed E-state index contributed by atoms with van der Waals surface area (Å²) in [5, 5.41) is 3.72. The summed E-state index contributed by atoms with van der Waals surface area (Å²) in [5.41, 5.74) is 0.691. The van der Waals surface area contributed by atoms with E-state index in [4.69, 9.17) is 9.47 Å². The van der Waals surface area contributed by atoms with Crippen LogP contribution in [-0.2, 0) is 9.47 Å². The molecule has 1 amide bonds. The Hall–Kier alpha value is -1.59. The molecule has 0 radical (unpaired) electrons. The highest BCUT2D eigenvalue weighted by molar-refractivity contribution is 5.69. The van der Waals surface area contributed by atoms with E-state index in [0.717, 1.165) is 32.5 Å². The summed E-state index contributed by atoms with van der Waals surface area (Å²) in [7, 11) is 0. The Bertz CT molecular complexity index is 564. The average Bonchev–Trinajstić information content (AvgIpc) is 3.07. The van der Waals surface area contributed by atoms with Crippen molar-refractivity contribution in [3.63, 3.8) is 0 Å². The van der Waals surface area contributed by atoms with E-state index in [-0.39, 0.29) is 12.1 Å². The maximum Gasteiger partial charge on any atom is 0.410 e. The van der Waals surface area contributed by atoms with E-state index in [0.29, 0.717) is 18.6 Å². The Kier molecular flexibility index (Phi) is 5.64. The van der Waals surface area contributed by atoms with Gasteiger partial charge in [-0.3, -0.25) is 0 Å². The van der Waals surface area contributed by atoms with Crippen molar-refractivity contribution >= 4 is 6.09 Å². The normalized spacial score (nSPS) is 27.3. The van der Waals surface area contributed by atoms with Gasteiger partial charge in [-0.2, -0.15) is 0 Å². The van der Waals surface area contributed by atoms with Crippen LogP contribution in [0, 0.1) is 0 Å². The second kappa shape index (κ2) is 7.75. The van der Waals surface area contributed by atoms with Gasteiger partial charge in [0.25, 0.3) is 0 Å². The summed E-state index contributed by atoms with van der Waals surface area (Å²) in [5.74, 6) is 0. The highest BCUT2D eigenvalue weighted by Crippen LogP contribution is 2.32. The molecule has 3 atom stereocenters. The molecule has 0 aliphatic carbocycles. The minimum atomic E-state index is -0.478. The lowest BCUT2D eigenvalue weighted by Gasteiger charge is -2.41. The molecule has 0 saturated carbocycles. The minimum Gasteiger partial charge on any atom is -0.444 e. The summed E-state index contributed by atoms with van der Waals surface area (Å²) >= 11 is 0. The minimum absolute atomic E-state index is 0.0459. The largest absolute Gasteiger partial charge is 0.444 e. The van der Waals surface area contributed by atoms with Crippen LogP contribution in [-0.4, -0.2) is 48.4 Å². The van der Waals surface area contributed by atoms with Crippen molar-refractivity contribution in [3.8, 4) is 0 Å². The number of ether oxygens (including phenoxy) is 2. The van der Waals surface area contributed by atoms with Crippen LogP contribution in [0.2, 0.25) is 0 Å². The van der Waals surface area contributed by atoms with E-state index >= 15 is 0 Å². The van der Waals surface area contributed by atoms with Gasteiger partial charge in [-0.15, -0.1) is 0 Å². The molecular formula is C20H30N2O3. The van der Waals surface area contributed by atoms with Gasteiger partial charge in [0.1, 0.15) is 5.60 Å². The Morgan fingerprint density at radius 1 is 1.20 bits per heavy atom. The maximum absolute atomic E-state index is 12.7. The number of carbonyl (C=O) groups is 1. The van der Waals surface area contributed by atoms with Crippen molar-refractivity contribution in [2.24, 2.45) is 0 Å². The molecule has 1 aromatic carbocycles. The quantitative estimate of drug-likeness (QED) is 0.910. The number of piperidine rings is 1. The Morgan fingerprint density at radius 3 is 2.60 bits per heavy atom. The third kappa shape index (κ3) is 4.95. The maximum atomic E-state index is 12.7. The van der Waals surface area contributed by atoms with Gasteiger partial charge in [0.2, 0.25) is 0 Å². The number of nitrogens with zero attached hydrogens (tertiary/aromatic N) is 1. The molecule has 2 saturated heterocycles. The molecule has 25 heavy (non-hydrogen) atoms. The highest BCUT2D eigenvalue weighted by atomic mass is 16.6. The third-order valence-corrected chi connectivity index (χ3v) is 4.82. The van der Waals surface area contributed by atoms with Crippen molar-refractivity contribution in [1.82, 2.24) is 10.2 Å². The number of rotatable bonds is 3. The van der Waals surface area contributed by atoms with Gasteiger partial charge in [0, 0.05) is 25.2 Å². The van der Waals surface area contributed by atoms with Gasteiger partial charge in [-0.1, -0.05) is 30.3 Å². The van der Waals surface area contributed by atoms with Crippen LogP contribution in [0.15, 0.2) is 30.3 Å². The first kappa shape index (κ1) is 18.2. The molecule has 2 heterocycles. The van der Waals surface area contributed by atoms with E-state index < -0.39 is 5.60 Å². The zero-order valence-electron chi connectivity index (χ0n) is 15.5. The van der Waals surface area contributed by atoms with E-state index in [1.165, 1.54) is 5.56 Å². The molecule has 5 nitrogen and oxygen atoms in total. The van der Waals surface area contributed by atoms with Gasteiger partial charge in [0.05, 0.1) is 12.6 Å². The molecule has 3 rings (SSSR count). The molecule has 1 unspecified atom stereocenters. The smallest absolute Gasteiger partial charge is 0.410 e. The van der Waals surface area contributed by atoms with E-state index in [1.54, 1.807) is 0 Å². The number of hydrogen-bond donors (Lipinski definition) is 1. The van der Waals surface area contributed by atoms with Crippen molar-refractivity contribution in [2.75, 3.05) is 19.8 Å². The lowest BCUT2D eigenvalue weighted by molar-refractivity contribution is 0.00609. The summed E-state index contributed by atoms with van der Waals surface area (Å²) in [4.78, 5) is 14.6. The van der Waals surface area contributed by atoms with E-state index in [1.807, 2.05) is 43.9 Å². The molecule has 138 valence electrons. The van der Waals surface area contributed by atoms with E-state index in [2.05, 4.69) is 17.4 Å². The van der Waals surface area contributed by atoms with Gasteiger partial charge in [-0.25, -0.2) is 4.79 Å². The van der Waals surface area contributed by atoms with Gasteiger partial charge in [0.15, 0.2) is 0 Å². The lowest BCUT2D eigenvalue weighted by atomic mass is 9.91. The average molecular weight is 346 g/mol. The van der Waals surface area contributed by atoms with Crippen LogP contribution >= 0.6 is 0 Å². The molecular weight excluding hydrogens is 316 g/mol. The molecule has 0 bridgehead atoms. The van der Waals surface area contributed by atoms with Crippen molar-refractivity contribution in [2.45, 2.75) is 63.8 Å². The molecule has 5 heteroatoms. The molecule has 1 aromatic rings. The monoisotopic (exact) mass is 346 g/mol. The molecule has 0 spiro atoms. The second-order valence-electron chi connectivity index (χ2n) is 8.05. The van der Waals surface area contributed by atoms with Crippen LogP contribution in [0.5, 0.6) is 0 Å². The number of hydrogen-bond acceptors (Lipinski definition) is 4. The predicted octanol–water partition coefficient (Wildman–Crippen LogP) is 3.51. The zero-order valence-corrected chi connectivity index (χ0v) is 15.5. The topological polar surface area (TPSA) is 50.8 Å². The van der Waals surface area contributed by atoms with Crippen LogP contribution in [0.1, 0.15) is 51.6 Å². The van der Waals surface area contributed by atoms with Gasteiger partial charge >= 0.3 is 6.09 Å². The van der Waals surface area contributed by atoms with Crippen LogP contribution in [0.25, 0.3) is 0 Å². The summed E-state index contributed by atoms with van der Waals surface area (Å²) in [6.45, 7) is 8.09. The highest BCUT2D eigenvalue weighted by Gasteiger charge is 2.36. The van der Waals surface area contributed by atoms with Crippen molar-refractivity contribution in [3.05, 3.63) is 35.9 Å². The second-order valence-corrected chi connectivity index (χ2v) is 8.05. The third-order valence-electron chi connectivity index (χ3n) is 4.82. The van der Waals surface area contributed by atoms with Crippen LogP contribution in [0.4, 0.5) is 4.79 Å². The summed E-state index contributed by atoms with van der Waals surface area (Å²) in [6, 6.07) is 11.2. The number of amides is 1. The summed E-state index contributed by atoms with van der Waals surface area (Å²) in [6.07, 6.45) is 2.70. The fourth-order valence-electron chi connectivity index (χ4n) is 3.65. The molecule has 2 aliphatic rings. The van der Waals surface area contributed by atoms with E-state index in [9.17, 15) is 4.79 Å². The molecule has 0 aromatic heterocycles. The standard InChI is InChI=1S/C20H30N2O3/c1-20(2,3)25-19(23)22-11-9-16(21-17-10-12-24-14-17)13-18(22)15-7-5-4-6-8-15/h4-8,16-18,21H,9-14H2,1-3H3/t16-,17?,18-/m0/s1. The Labute approximate surface area is 150 Å². The number of nitrogens with one attached hydrogen (secondary N) is 1. The first-order chi connectivity index (χ1) is 11.9. The fraction of sp³-hybridized carbons (Fsp3) is 0.650. The van der Waals surface area contributed by atoms with Crippen LogP contribution < -0.4 is 5.32 Å². The zero-order chi connectivity index (χ0) is 17.9. The Morgan fingerprint density at radius 2 is 1.96 bits per heavy atom. The first-order valence-electron chi connectivity index (χ1n) is 9.31. The van der Waals surface area contributed by atoms with Gasteiger partial charge in [-0.05, 0) is 45.6 Å². The van der Waals surface area contributed by atoms with Crippen LogP contribution in [0.3, 0.4) is 0 Å². The SMILES string of the molecule is CC(C)(C)OC(=O)N1CC[C@H](NC2CCOC2)C[C@H]1c1ccccc1. The molecule has 1 N–H and O–H groups in total. The molecule has 2 aliphatic heterocycles. The number of carbonyl (C=O) groups excluding carboxylic acids is 1. The fourth-order valence-corrected chi connectivity index (χ4v) is 3.65. The van der Waals surface area contributed by atoms with Crippen molar-refractivity contribution < 1.29 is 14.3 Å². The predicted molar refractivity (Wildman–Crippen MR) is 97.5 cm³/mol. The Balaban J connectivity index is 1.72. The van der Waals surface area contributed by atoms with Crippen molar-refractivity contribution in [1.29, 1.82) is 0 Å². The first-order valence-corrected chi connectivity index (χ1v) is 9.31.